The summed E-state index contributed by atoms with van der Waals surface area (Å²) in [6.45, 7) is 7.87. The van der Waals surface area contributed by atoms with Gasteiger partial charge in [-0.15, -0.1) is 24.8 Å². The molecule has 0 saturated carbocycles. The predicted octanol–water partition coefficient (Wildman–Crippen LogP) is 4.08. The smallest absolute Gasteiger partial charge is 0.119 e. The molecule has 1 N–H and O–H groups in total. The zero-order valence-electron chi connectivity index (χ0n) is 13.6. The van der Waals surface area contributed by atoms with Gasteiger partial charge in [0.1, 0.15) is 5.75 Å². The van der Waals surface area contributed by atoms with Crippen LogP contribution in [0.3, 0.4) is 0 Å². The van der Waals surface area contributed by atoms with Gasteiger partial charge in [0, 0.05) is 18.4 Å². The van der Waals surface area contributed by atoms with Crippen LogP contribution >= 0.6 is 24.8 Å². The number of fused-ring (bicyclic) bond motifs is 1. The summed E-state index contributed by atoms with van der Waals surface area (Å²) < 4.78 is 5.30. The lowest BCUT2D eigenvalue weighted by Gasteiger charge is -2.20. The topological polar surface area (TPSA) is 41.2 Å². The van der Waals surface area contributed by atoms with E-state index in [1.165, 1.54) is 31.3 Å². The van der Waals surface area contributed by atoms with Crippen LogP contribution in [0.15, 0.2) is 18.2 Å². The molecule has 1 aromatic heterocycles. The summed E-state index contributed by atoms with van der Waals surface area (Å²) in [6, 6.07) is 6.06. The van der Waals surface area contributed by atoms with Crippen LogP contribution in [0.4, 0.5) is 0 Å². The van der Waals surface area contributed by atoms with Gasteiger partial charge in [0.05, 0.1) is 18.3 Å². The fourth-order valence-corrected chi connectivity index (χ4v) is 2.60. The summed E-state index contributed by atoms with van der Waals surface area (Å²) in [6.07, 6.45) is 3.39. The number of hydrogen-bond donors (Lipinski definition) is 1. The van der Waals surface area contributed by atoms with E-state index in [2.05, 4.69) is 35.0 Å². The molecule has 1 aromatic carbocycles. The summed E-state index contributed by atoms with van der Waals surface area (Å²) in [4.78, 5) is 2.51. The molecular weight excluding hydrogens is 321 g/mol. The van der Waals surface area contributed by atoms with E-state index >= 15 is 0 Å². The molecule has 4 nitrogen and oxygen atoms in total. The molecule has 0 aliphatic heterocycles. The van der Waals surface area contributed by atoms with Gasteiger partial charge in [-0.25, -0.2) is 0 Å². The molecule has 0 fully saturated rings. The minimum atomic E-state index is 0. The normalized spacial score (nSPS) is 10.4. The molecule has 0 atom stereocenters. The maximum Gasteiger partial charge on any atom is 0.119 e. The van der Waals surface area contributed by atoms with E-state index in [9.17, 15) is 0 Å². The van der Waals surface area contributed by atoms with Crippen LogP contribution in [-0.4, -0.2) is 41.8 Å². The van der Waals surface area contributed by atoms with Gasteiger partial charge in [-0.3, -0.25) is 5.10 Å². The van der Waals surface area contributed by atoms with E-state index in [4.69, 9.17) is 4.74 Å². The zero-order chi connectivity index (χ0) is 14.4. The molecule has 22 heavy (non-hydrogen) atoms. The first-order valence-corrected chi connectivity index (χ1v) is 7.51. The minimum Gasteiger partial charge on any atom is -0.497 e. The summed E-state index contributed by atoms with van der Waals surface area (Å²) in [7, 11) is 1.70. The number of nitrogens with one attached hydrogen (secondary N) is 1. The Labute approximate surface area is 145 Å². The van der Waals surface area contributed by atoms with E-state index in [-0.39, 0.29) is 24.8 Å². The Hall–Kier alpha value is -0.970. The summed E-state index contributed by atoms with van der Waals surface area (Å²) in [5.41, 5.74) is 2.22. The van der Waals surface area contributed by atoms with Gasteiger partial charge in [0.25, 0.3) is 0 Å². The van der Waals surface area contributed by atoms with Crippen molar-refractivity contribution in [2.45, 2.75) is 33.1 Å². The average Bonchev–Trinajstić information content (AvgIpc) is 2.87. The van der Waals surface area contributed by atoms with Crippen LogP contribution in [0.25, 0.3) is 10.9 Å². The average molecular weight is 348 g/mol. The zero-order valence-corrected chi connectivity index (χ0v) is 15.2. The first-order valence-electron chi connectivity index (χ1n) is 7.51. The molecule has 0 spiro atoms. The van der Waals surface area contributed by atoms with Crippen molar-refractivity contribution in [3.8, 4) is 5.75 Å². The van der Waals surface area contributed by atoms with Gasteiger partial charge in [-0.1, -0.05) is 13.8 Å². The fraction of sp³-hybridized carbons (Fsp3) is 0.562. The van der Waals surface area contributed by atoms with Crippen LogP contribution in [-0.2, 0) is 6.42 Å². The molecule has 0 saturated heterocycles. The van der Waals surface area contributed by atoms with Crippen molar-refractivity contribution in [3.05, 3.63) is 23.9 Å². The largest absolute Gasteiger partial charge is 0.497 e. The molecule has 126 valence electrons. The van der Waals surface area contributed by atoms with Gasteiger partial charge in [-0.2, -0.15) is 5.10 Å². The monoisotopic (exact) mass is 347 g/mol. The SMILES string of the molecule is CCCN(CCC)CCc1n[nH]c2ccc(OC)cc12.Cl.Cl. The Morgan fingerprint density at radius 2 is 1.77 bits per heavy atom. The highest BCUT2D eigenvalue weighted by molar-refractivity contribution is 5.85. The van der Waals surface area contributed by atoms with E-state index in [0.29, 0.717) is 0 Å². The number of H-pyrrole nitrogens is 1. The Kier molecular flexibility index (Phi) is 10.2. The fourth-order valence-electron chi connectivity index (χ4n) is 2.60. The minimum absolute atomic E-state index is 0. The molecule has 1 heterocycles. The second-order valence-electron chi connectivity index (χ2n) is 5.17. The van der Waals surface area contributed by atoms with Gasteiger partial charge < -0.3 is 9.64 Å². The highest BCUT2D eigenvalue weighted by atomic mass is 35.5. The number of rotatable bonds is 8. The van der Waals surface area contributed by atoms with Crippen LogP contribution < -0.4 is 4.74 Å². The lowest BCUT2D eigenvalue weighted by Crippen LogP contribution is -2.27. The quantitative estimate of drug-likeness (QED) is 0.782. The van der Waals surface area contributed by atoms with E-state index < -0.39 is 0 Å². The molecule has 0 radical (unpaired) electrons. The summed E-state index contributed by atoms with van der Waals surface area (Å²) in [5.74, 6) is 0.888. The molecule has 0 bridgehead atoms. The number of benzene rings is 1. The van der Waals surface area contributed by atoms with Crippen molar-refractivity contribution >= 4 is 35.7 Å². The van der Waals surface area contributed by atoms with Crippen LogP contribution in [0.1, 0.15) is 32.4 Å². The Balaban J connectivity index is 0.00000220. The highest BCUT2D eigenvalue weighted by Crippen LogP contribution is 2.22. The number of aromatic nitrogens is 2. The van der Waals surface area contributed by atoms with Crippen molar-refractivity contribution in [3.63, 3.8) is 0 Å². The number of aromatic amines is 1. The first kappa shape index (κ1) is 21.0. The van der Waals surface area contributed by atoms with Gasteiger partial charge in [0.15, 0.2) is 0 Å². The Morgan fingerprint density at radius 3 is 2.36 bits per heavy atom. The molecule has 0 aliphatic carbocycles. The predicted molar refractivity (Wildman–Crippen MR) is 97.9 cm³/mol. The second-order valence-corrected chi connectivity index (χ2v) is 5.17. The van der Waals surface area contributed by atoms with E-state index in [0.717, 1.165) is 29.9 Å². The van der Waals surface area contributed by atoms with Crippen molar-refractivity contribution in [2.75, 3.05) is 26.7 Å². The van der Waals surface area contributed by atoms with E-state index in [1.54, 1.807) is 7.11 Å². The van der Waals surface area contributed by atoms with Crippen molar-refractivity contribution in [2.24, 2.45) is 0 Å². The maximum atomic E-state index is 5.30. The molecular formula is C16H27Cl2N3O. The second kappa shape index (κ2) is 10.7. The Morgan fingerprint density at radius 1 is 1.09 bits per heavy atom. The number of halogens is 2. The first-order chi connectivity index (χ1) is 9.78. The lowest BCUT2D eigenvalue weighted by molar-refractivity contribution is 0.277. The van der Waals surface area contributed by atoms with Gasteiger partial charge in [0.2, 0.25) is 0 Å². The molecule has 0 amide bonds. The summed E-state index contributed by atoms with van der Waals surface area (Å²) >= 11 is 0. The number of ether oxygens (including phenoxy) is 1. The third-order valence-electron chi connectivity index (χ3n) is 3.59. The van der Waals surface area contributed by atoms with Crippen LogP contribution in [0, 0.1) is 0 Å². The standard InChI is InChI=1S/C16H25N3O.2ClH/c1-4-9-19(10-5-2)11-8-16-14-12-13(20-3)6-7-15(14)17-18-16;;/h6-7,12H,4-5,8-11H2,1-3H3,(H,17,18);2*1H. The highest BCUT2D eigenvalue weighted by Gasteiger charge is 2.09. The van der Waals surface area contributed by atoms with Gasteiger partial charge >= 0.3 is 0 Å². The van der Waals surface area contributed by atoms with Crippen molar-refractivity contribution in [1.29, 1.82) is 0 Å². The molecule has 0 aliphatic rings. The molecule has 6 heteroatoms. The molecule has 0 unspecified atom stereocenters. The van der Waals surface area contributed by atoms with Gasteiger partial charge in [-0.05, 0) is 44.1 Å². The van der Waals surface area contributed by atoms with Crippen LogP contribution in [0.5, 0.6) is 5.75 Å². The molecule has 2 aromatic rings. The van der Waals surface area contributed by atoms with Crippen LogP contribution in [0.2, 0.25) is 0 Å². The third kappa shape index (κ3) is 5.34. The molecule has 2 rings (SSSR count). The van der Waals surface area contributed by atoms with Crippen molar-refractivity contribution < 1.29 is 4.74 Å². The summed E-state index contributed by atoms with van der Waals surface area (Å²) in [5, 5.41) is 8.74. The number of hydrogen-bond acceptors (Lipinski definition) is 3. The number of methoxy groups -OCH3 is 1. The third-order valence-corrected chi connectivity index (χ3v) is 3.59. The van der Waals surface area contributed by atoms with E-state index in [1.807, 2.05) is 12.1 Å². The number of nitrogens with zero attached hydrogens (tertiary/aromatic N) is 2. The Bertz CT molecular complexity index is 539. The maximum absolute atomic E-state index is 5.30. The lowest BCUT2D eigenvalue weighted by atomic mass is 10.1. The van der Waals surface area contributed by atoms with Crippen molar-refractivity contribution in [1.82, 2.24) is 15.1 Å².